The van der Waals surface area contributed by atoms with E-state index in [2.05, 4.69) is 5.32 Å². The van der Waals surface area contributed by atoms with E-state index in [0.29, 0.717) is 5.75 Å². The molecule has 1 N–H and O–H groups in total. The fourth-order valence-corrected chi connectivity index (χ4v) is 1.85. The van der Waals surface area contributed by atoms with Gasteiger partial charge in [0.15, 0.2) is 0 Å². The number of methoxy groups -OCH3 is 1. The van der Waals surface area contributed by atoms with E-state index in [4.69, 9.17) is 16.3 Å². The number of carbonyl (C=O) groups is 1. The van der Waals surface area contributed by atoms with Crippen molar-refractivity contribution in [2.45, 2.75) is 0 Å². The van der Waals surface area contributed by atoms with Gasteiger partial charge in [-0.25, -0.2) is 8.78 Å². The van der Waals surface area contributed by atoms with Crippen molar-refractivity contribution >= 4 is 23.2 Å². The number of halogens is 3. The van der Waals surface area contributed by atoms with E-state index < -0.39 is 17.5 Å². The van der Waals surface area contributed by atoms with Gasteiger partial charge in [-0.15, -0.1) is 0 Å². The van der Waals surface area contributed by atoms with Crippen molar-refractivity contribution in [3.05, 3.63) is 58.6 Å². The van der Waals surface area contributed by atoms with Crippen molar-refractivity contribution in [3.8, 4) is 5.75 Å². The molecule has 1 amide bonds. The first-order valence-corrected chi connectivity index (χ1v) is 5.98. The van der Waals surface area contributed by atoms with Crippen molar-refractivity contribution in [1.82, 2.24) is 0 Å². The Morgan fingerprint density at radius 1 is 1.20 bits per heavy atom. The molecule has 2 aromatic carbocycles. The molecule has 0 saturated heterocycles. The van der Waals surface area contributed by atoms with Crippen molar-refractivity contribution in [1.29, 1.82) is 0 Å². The highest BCUT2D eigenvalue weighted by atomic mass is 35.5. The minimum atomic E-state index is -0.732. The van der Waals surface area contributed by atoms with Crippen molar-refractivity contribution in [2.75, 3.05) is 12.4 Å². The second-order valence-corrected chi connectivity index (χ2v) is 4.39. The Morgan fingerprint density at radius 2 is 1.95 bits per heavy atom. The maximum absolute atomic E-state index is 13.7. The van der Waals surface area contributed by atoms with Gasteiger partial charge in [0, 0.05) is 16.8 Å². The summed E-state index contributed by atoms with van der Waals surface area (Å²) in [7, 11) is 1.39. The molecule has 0 unspecified atom stereocenters. The normalized spacial score (nSPS) is 10.2. The van der Waals surface area contributed by atoms with E-state index in [1.807, 2.05) is 0 Å². The molecule has 0 radical (unpaired) electrons. The Morgan fingerprint density at radius 3 is 2.55 bits per heavy atom. The van der Waals surface area contributed by atoms with Crippen LogP contribution in [0.5, 0.6) is 5.75 Å². The molecule has 0 saturated carbocycles. The molecular formula is C14H10ClF2NO2. The zero-order valence-electron chi connectivity index (χ0n) is 10.4. The third kappa shape index (κ3) is 3.24. The Hall–Kier alpha value is -2.14. The standard InChI is InChI=1S/C14H10ClF2NO2/c1-20-11-2-3-12(13(17)7-11)14(19)18-10-5-8(15)4-9(16)6-10/h2-7H,1H3,(H,18,19). The number of benzene rings is 2. The topological polar surface area (TPSA) is 38.3 Å². The molecule has 2 rings (SSSR count). The molecule has 0 aliphatic heterocycles. The molecule has 2 aromatic rings. The predicted octanol–water partition coefficient (Wildman–Crippen LogP) is 3.88. The number of nitrogens with one attached hydrogen (secondary N) is 1. The first-order valence-electron chi connectivity index (χ1n) is 5.60. The molecule has 3 nitrogen and oxygen atoms in total. The maximum atomic E-state index is 13.7. The summed E-state index contributed by atoms with van der Waals surface area (Å²) >= 11 is 5.67. The van der Waals surface area contributed by atoms with Gasteiger partial charge in [-0.1, -0.05) is 11.6 Å². The van der Waals surface area contributed by atoms with Crippen molar-refractivity contribution in [2.24, 2.45) is 0 Å². The van der Waals surface area contributed by atoms with Gasteiger partial charge in [-0.2, -0.15) is 0 Å². The lowest BCUT2D eigenvalue weighted by atomic mass is 10.2. The van der Waals surface area contributed by atoms with E-state index in [1.54, 1.807) is 0 Å². The Bertz CT molecular complexity index is 641. The lowest BCUT2D eigenvalue weighted by molar-refractivity contribution is 0.102. The Kier molecular flexibility index (Phi) is 4.20. The van der Waals surface area contributed by atoms with Crippen LogP contribution in [0.2, 0.25) is 5.02 Å². The van der Waals surface area contributed by atoms with Crippen LogP contribution in [0.3, 0.4) is 0 Å². The molecule has 0 aliphatic carbocycles. The summed E-state index contributed by atoms with van der Waals surface area (Å²) in [6.45, 7) is 0. The second kappa shape index (κ2) is 5.88. The third-order valence-electron chi connectivity index (χ3n) is 2.54. The van der Waals surface area contributed by atoms with Gasteiger partial charge in [0.05, 0.1) is 12.7 Å². The summed E-state index contributed by atoms with van der Waals surface area (Å²) in [5.74, 6) is -1.73. The number of amides is 1. The molecule has 0 spiro atoms. The van der Waals surface area contributed by atoms with Crippen LogP contribution < -0.4 is 10.1 Å². The van der Waals surface area contributed by atoms with Gasteiger partial charge in [0.25, 0.3) is 5.91 Å². The highest BCUT2D eigenvalue weighted by molar-refractivity contribution is 6.31. The van der Waals surface area contributed by atoms with Crippen LogP contribution in [0.25, 0.3) is 0 Å². The van der Waals surface area contributed by atoms with Crippen molar-refractivity contribution < 1.29 is 18.3 Å². The summed E-state index contributed by atoms with van der Waals surface area (Å²) in [6.07, 6.45) is 0. The zero-order valence-corrected chi connectivity index (χ0v) is 11.2. The van der Waals surface area contributed by atoms with Crippen LogP contribution in [0.1, 0.15) is 10.4 Å². The predicted molar refractivity (Wildman–Crippen MR) is 72.3 cm³/mol. The van der Waals surface area contributed by atoms with E-state index in [-0.39, 0.29) is 16.3 Å². The zero-order chi connectivity index (χ0) is 14.7. The number of anilines is 1. The van der Waals surface area contributed by atoms with E-state index in [0.717, 1.165) is 18.2 Å². The molecule has 0 atom stereocenters. The largest absolute Gasteiger partial charge is 0.497 e. The molecule has 104 valence electrons. The summed E-state index contributed by atoms with van der Waals surface area (Å²) in [5, 5.41) is 2.51. The SMILES string of the molecule is COc1ccc(C(=O)Nc2cc(F)cc(Cl)c2)c(F)c1. The Labute approximate surface area is 119 Å². The number of carbonyl (C=O) groups excluding carboxylic acids is 1. The fraction of sp³-hybridized carbons (Fsp3) is 0.0714. The van der Waals surface area contributed by atoms with Crippen LogP contribution in [0.15, 0.2) is 36.4 Å². The van der Waals surface area contributed by atoms with Crippen LogP contribution in [0.4, 0.5) is 14.5 Å². The van der Waals surface area contributed by atoms with Crippen LogP contribution >= 0.6 is 11.6 Å². The minimum Gasteiger partial charge on any atom is -0.497 e. The molecule has 0 aromatic heterocycles. The molecule has 0 bridgehead atoms. The van der Waals surface area contributed by atoms with Gasteiger partial charge in [-0.3, -0.25) is 4.79 Å². The fourth-order valence-electron chi connectivity index (χ4n) is 1.63. The van der Waals surface area contributed by atoms with E-state index in [1.165, 1.54) is 25.3 Å². The molecule has 6 heteroatoms. The molecule has 0 aliphatic rings. The van der Waals surface area contributed by atoms with Crippen molar-refractivity contribution in [3.63, 3.8) is 0 Å². The first-order chi connectivity index (χ1) is 9.49. The van der Waals surface area contributed by atoms with Gasteiger partial charge in [0.1, 0.15) is 17.4 Å². The molecular weight excluding hydrogens is 288 g/mol. The quantitative estimate of drug-likeness (QED) is 0.933. The Balaban J connectivity index is 2.23. The third-order valence-corrected chi connectivity index (χ3v) is 2.76. The second-order valence-electron chi connectivity index (χ2n) is 3.96. The van der Waals surface area contributed by atoms with Crippen LogP contribution in [0, 0.1) is 11.6 Å². The van der Waals surface area contributed by atoms with E-state index in [9.17, 15) is 13.6 Å². The molecule has 20 heavy (non-hydrogen) atoms. The smallest absolute Gasteiger partial charge is 0.258 e. The monoisotopic (exact) mass is 297 g/mol. The summed E-state index contributed by atoms with van der Waals surface area (Å²) in [6, 6.07) is 7.38. The van der Waals surface area contributed by atoms with Gasteiger partial charge in [0.2, 0.25) is 0 Å². The average molecular weight is 298 g/mol. The van der Waals surface area contributed by atoms with E-state index >= 15 is 0 Å². The van der Waals surface area contributed by atoms with Gasteiger partial charge >= 0.3 is 0 Å². The summed E-state index contributed by atoms with van der Waals surface area (Å²) in [4.78, 5) is 11.9. The lowest BCUT2D eigenvalue weighted by Crippen LogP contribution is -2.14. The van der Waals surface area contributed by atoms with Gasteiger partial charge in [-0.05, 0) is 30.3 Å². The highest BCUT2D eigenvalue weighted by Gasteiger charge is 2.13. The summed E-state index contributed by atoms with van der Waals surface area (Å²) in [5.41, 5.74) is -0.0265. The number of ether oxygens (including phenoxy) is 1. The molecule has 0 fully saturated rings. The number of hydrogen-bond donors (Lipinski definition) is 1. The lowest BCUT2D eigenvalue weighted by Gasteiger charge is -2.08. The van der Waals surface area contributed by atoms with Gasteiger partial charge < -0.3 is 10.1 Å². The minimum absolute atomic E-state index is 0.135. The molecule has 0 heterocycles. The summed E-state index contributed by atoms with van der Waals surface area (Å²) < 4.78 is 31.7. The first kappa shape index (κ1) is 14.3. The number of rotatable bonds is 3. The number of hydrogen-bond acceptors (Lipinski definition) is 2. The van der Waals surface area contributed by atoms with Crippen LogP contribution in [-0.2, 0) is 0 Å². The highest BCUT2D eigenvalue weighted by Crippen LogP contribution is 2.21. The van der Waals surface area contributed by atoms with Crippen LogP contribution in [-0.4, -0.2) is 13.0 Å². The maximum Gasteiger partial charge on any atom is 0.258 e. The average Bonchev–Trinajstić information content (AvgIpc) is 2.36.